The Kier molecular flexibility index (Phi) is 12.8. The van der Waals surface area contributed by atoms with Gasteiger partial charge in [-0.3, -0.25) is 4.57 Å². The molecule has 0 heterocycles. The highest BCUT2D eigenvalue weighted by molar-refractivity contribution is 7.52. The molecule has 0 saturated heterocycles. The van der Waals surface area contributed by atoms with Crippen molar-refractivity contribution in [3.8, 4) is 0 Å². The van der Waals surface area contributed by atoms with Gasteiger partial charge in [0.15, 0.2) is 0 Å². The van der Waals surface area contributed by atoms with E-state index < -0.39 is 7.60 Å². The summed E-state index contributed by atoms with van der Waals surface area (Å²) in [7, 11) is -3.39. The van der Waals surface area contributed by atoms with Gasteiger partial charge < -0.3 is 9.42 Å². The number of unbranched alkanes of at least 4 members (excludes halogenated alkanes) is 2. The molecule has 0 radical (unpaired) electrons. The van der Waals surface area contributed by atoms with Crippen LogP contribution >= 0.6 is 7.60 Å². The molecule has 4 heteroatoms. The predicted octanol–water partition coefficient (Wildman–Crippen LogP) is 6.01. The first-order chi connectivity index (χ1) is 9.99. The first-order valence-corrected chi connectivity index (χ1v) is 10.7. The van der Waals surface area contributed by atoms with Crippen molar-refractivity contribution >= 4 is 7.60 Å². The number of rotatable bonds is 14. The number of hydrogen-bond acceptors (Lipinski definition) is 2. The fraction of sp³-hybridized carbons (Fsp3) is 1.00. The van der Waals surface area contributed by atoms with Gasteiger partial charge in [-0.2, -0.15) is 0 Å². The summed E-state index contributed by atoms with van der Waals surface area (Å²) in [5.74, 6) is 0.989. The third-order valence-corrected chi connectivity index (χ3v) is 5.79. The molecule has 3 nitrogen and oxygen atoms in total. The zero-order valence-corrected chi connectivity index (χ0v) is 15.5. The molecule has 3 atom stereocenters. The van der Waals surface area contributed by atoms with Crippen LogP contribution in [-0.4, -0.2) is 17.7 Å². The fourth-order valence-corrected chi connectivity index (χ4v) is 3.84. The summed E-state index contributed by atoms with van der Waals surface area (Å²) in [5.41, 5.74) is 0. The minimum Gasteiger partial charge on any atom is -0.324 e. The maximum Gasteiger partial charge on any atom is 0.328 e. The first kappa shape index (κ1) is 21.1. The minimum atomic E-state index is -3.39. The Hall–Kier alpha value is 0.150. The molecule has 0 aliphatic heterocycles. The Morgan fingerprint density at radius 1 is 0.905 bits per heavy atom. The van der Waals surface area contributed by atoms with Crippen LogP contribution in [0, 0.1) is 11.8 Å². The predicted molar refractivity (Wildman–Crippen MR) is 91.9 cm³/mol. The second-order valence-electron chi connectivity index (χ2n) is 6.28. The lowest BCUT2D eigenvalue weighted by Gasteiger charge is -2.20. The van der Waals surface area contributed by atoms with Crippen LogP contribution in [0.3, 0.4) is 0 Å². The van der Waals surface area contributed by atoms with Crippen LogP contribution in [0.4, 0.5) is 0 Å². The summed E-state index contributed by atoms with van der Waals surface area (Å²) < 4.78 is 17.5. The lowest BCUT2D eigenvalue weighted by Crippen LogP contribution is -2.10. The molecular formula is C17H37O3P. The molecular weight excluding hydrogens is 283 g/mol. The van der Waals surface area contributed by atoms with Crippen molar-refractivity contribution in [2.75, 3.05) is 12.8 Å². The quantitative estimate of drug-likeness (QED) is 0.399. The van der Waals surface area contributed by atoms with E-state index in [-0.39, 0.29) is 0 Å². The topological polar surface area (TPSA) is 46.5 Å². The molecule has 0 rings (SSSR count). The standard InChI is InChI=1S/C17H37O3P/c1-5-9-11-16(7-3)13-14-21(18,19)20-15-17(8-4)12-10-6-2/h16-17H,5-15H2,1-4H3,(H,18,19). The second kappa shape index (κ2) is 12.7. The van der Waals surface area contributed by atoms with E-state index in [0.29, 0.717) is 24.6 Å². The average molecular weight is 320 g/mol. The summed E-state index contributed by atoms with van der Waals surface area (Å²) >= 11 is 0. The molecule has 0 aromatic carbocycles. The first-order valence-electron chi connectivity index (χ1n) is 8.95. The van der Waals surface area contributed by atoms with Gasteiger partial charge in [0, 0.05) is 0 Å². The van der Waals surface area contributed by atoms with Crippen molar-refractivity contribution in [3.63, 3.8) is 0 Å². The van der Waals surface area contributed by atoms with Crippen molar-refractivity contribution in [3.05, 3.63) is 0 Å². The van der Waals surface area contributed by atoms with Crippen LogP contribution in [0.25, 0.3) is 0 Å². The van der Waals surface area contributed by atoms with Crippen molar-refractivity contribution < 1.29 is 14.0 Å². The molecule has 0 fully saturated rings. The van der Waals surface area contributed by atoms with Crippen LogP contribution in [0.15, 0.2) is 0 Å². The van der Waals surface area contributed by atoms with Crippen LogP contribution in [-0.2, 0) is 9.09 Å². The van der Waals surface area contributed by atoms with Gasteiger partial charge in [-0.15, -0.1) is 0 Å². The van der Waals surface area contributed by atoms with Gasteiger partial charge in [-0.25, -0.2) is 0 Å². The van der Waals surface area contributed by atoms with Gasteiger partial charge in [0.2, 0.25) is 0 Å². The second-order valence-corrected chi connectivity index (χ2v) is 8.26. The van der Waals surface area contributed by atoms with Crippen LogP contribution in [0.1, 0.15) is 85.5 Å². The monoisotopic (exact) mass is 320 g/mol. The highest BCUT2D eigenvalue weighted by Gasteiger charge is 2.22. The molecule has 1 N–H and O–H groups in total. The third-order valence-electron chi connectivity index (χ3n) is 4.42. The van der Waals surface area contributed by atoms with Crippen molar-refractivity contribution in [2.45, 2.75) is 85.5 Å². The Bertz CT molecular complexity index is 257. The van der Waals surface area contributed by atoms with E-state index in [4.69, 9.17) is 4.52 Å². The van der Waals surface area contributed by atoms with Crippen LogP contribution < -0.4 is 0 Å². The van der Waals surface area contributed by atoms with Gasteiger partial charge in [0.25, 0.3) is 0 Å². The molecule has 3 unspecified atom stereocenters. The molecule has 0 bridgehead atoms. The summed E-state index contributed by atoms with van der Waals surface area (Å²) in [6, 6.07) is 0. The van der Waals surface area contributed by atoms with E-state index in [2.05, 4.69) is 27.7 Å². The van der Waals surface area contributed by atoms with Gasteiger partial charge in [-0.1, -0.05) is 72.6 Å². The Morgan fingerprint density at radius 3 is 1.90 bits per heavy atom. The molecule has 0 saturated carbocycles. The number of hydrogen-bond donors (Lipinski definition) is 1. The van der Waals surface area contributed by atoms with Gasteiger partial charge in [-0.05, 0) is 24.7 Å². The third kappa shape index (κ3) is 11.4. The van der Waals surface area contributed by atoms with E-state index >= 15 is 0 Å². The molecule has 0 aromatic heterocycles. The maximum absolute atomic E-state index is 12.1. The fourth-order valence-electron chi connectivity index (χ4n) is 2.58. The summed E-state index contributed by atoms with van der Waals surface area (Å²) in [6.07, 6.45) is 10.3. The van der Waals surface area contributed by atoms with Crippen molar-refractivity contribution in [1.82, 2.24) is 0 Å². The van der Waals surface area contributed by atoms with Gasteiger partial charge >= 0.3 is 7.60 Å². The Morgan fingerprint density at radius 2 is 1.43 bits per heavy atom. The maximum atomic E-state index is 12.1. The molecule has 21 heavy (non-hydrogen) atoms. The van der Waals surface area contributed by atoms with Crippen molar-refractivity contribution in [2.24, 2.45) is 11.8 Å². The van der Waals surface area contributed by atoms with Gasteiger partial charge in [0.1, 0.15) is 0 Å². The van der Waals surface area contributed by atoms with Crippen molar-refractivity contribution in [1.29, 1.82) is 0 Å². The zero-order valence-electron chi connectivity index (χ0n) is 14.6. The SMILES string of the molecule is CCCCC(CC)CCP(=O)(O)OCC(CC)CCCC. The smallest absolute Gasteiger partial charge is 0.324 e. The normalized spacial score (nSPS) is 17.4. The van der Waals surface area contributed by atoms with E-state index in [1.165, 1.54) is 32.1 Å². The summed E-state index contributed by atoms with van der Waals surface area (Å²) in [4.78, 5) is 9.99. The Balaban J connectivity index is 4.08. The molecule has 128 valence electrons. The zero-order chi connectivity index (χ0) is 16.1. The van der Waals surface area contributed by atoms with E-state index in [1.54, 1.807) is 0 Å². The van der Waals surface area contributed by atoms with E-state index in [9.17, 15) is 9.46 Å². The minimum absolute atomic E-state index is 0.319. The average Bonchev–Trinajstić information content (AvgIpc) is 2.47. The molecule has 0 aliphatic carbocycles. The lowest BCUT2D eigenvalue weighted by atomic mass is 9.97. The Labute approximate surface area is 132 Å². The molecule has 0 aliphatic rings. The lowest BCUT2D eigenvalue weighted by molar-refractivity contribution is 0.202. The molecule has 0 amide bonds. The van der Waals surface area contributed by atoms with Crippen LogP contribution in [0.5, 0.6) is 0 Å². The summed E-state index contributed by atoms with van der Waals surface area (Å²) in [6.45, 7) is 9.10. The van der Waals surface area contributed by atoms with Crippen LogP contribution in [0.2, 0.25) is 0 Å². The highest BCUT2D eigenvalue weighted by Crippen LogP contribution is 2.44. The largest absolute Gasteiger partial charge is 0.328 e. The van der Waals surface area contributed by atoms with Gasteiger partial charge in [0.05, 0.1) is 12.8 Å². The molecule has 0 spiro atoms. The van der Waals surface area contributed by atoms with E-state index in [0.717, 1.165) is 25.7 Å². The highest BCUT2D eigenvalue weighted by atomic mass is 31.2. The van der Waals surface area contributed by atoms with E-state index in [1.807, 2.05) is 0 Å². The summed E-state index contributed by atoms with van der Waals surface area (Å²) in [5, 5.41) is 0. The molecule has 0 aromatic rings.